The molecule has 0 spiro atoms. The summed E-state index contributed by atoms with van der Waals surface area (Å²) in [6.45, 7) is 12.6. The molecule has 19 heavy (non-hydrogen) atoms. The van der Waals surface area contributed by atoms with Crippen molar-refractivity contribution in [2.75, 3.05) is 0 Å². The van der Waals surface area contributed by atoms with Gasteiger partial charge < -0.3 is 9.47 Å². The van der Waals surface area contributed by atoms with E-state index in [9.17, 15) is 0 Å². The highest BCUT2D eigenvalue weighted by Gasteiger charge is 2.20. The lowest BCUT2D eigenvalue weighted by molar-refractivity contribution is 0.101. The van der Waals surface area contributed by atoms with Gasteiger partial charge in [-0.15, -0.1) is 0 Å². The minimum absolute atomic E-state index is 0.149. The Morgan fingerprint density at radius 3 is 1.95 bits per heavy atom. The Morgan fingerprint density at radius 1 is 0.947 bits per heavy atom. The molecule has 0 aliphatic heterocycles. The Hall–Kier alpha value is -0.963. The lowest BCUT2D eigenvalue weighted by Gasteiger charge is -2.28. The van der Waals surface area contributed by atoms with Crippen LogP contribution < -0.4 is 14.7 Å². The van der Waals surface area contributed by atoms with Crippen LogP contribution in [0.2, 0.25) is 0 Å². The SMILES string of the molecule is CCC(C)(C)Oc1ccc(OC(C)(C)CC)c([Si])c1. The molecule has 105 valence electrons. The molecule has 0 heterocycles. The monoisotopic (exact) mass is 277 g/mol. The second kappa shape index (κ2) is 5.99. The van der Waals surface area contributed by atoms with Gasteiger partial charge in [-0.1, -0.05) is 13.8 Å². The average Bonchev–Trinajstić information content (AvgIpc) is 2.32. The van der Waals surface area contributed by atoms with Crippen LogP contribution in [-0.4, -0.2) is 21.4 Å². The molecule has 1 aromatic rings. The minimum atomic E-state index is -0.160. The molecule has 0 aliphatic carbocycles. The number of benzene rings is 1. The third-order valence-corrected chi connectivity index (χ3v) is 3.83. The van der Waals surface area contributed by atoms with Gasteiger partial charge >= 0.3 is 0 Å². The lowest BCUT2D eigenvalue weighted by atomic mass is 10.1. The Bertz CT molecular complexity index is 425. The molecule has 1 rings (SSSR count). The summed E-state index contributed by atoms with van der Waals surface area (Å²) in [5.74, 6) is 1.71. The molecule has 1 aromatic carbocycles. The van der Waals surface area contributed by atoms with Gasteiger partial charge in [0.1, 0.15) is 22.7 Å². The fourth-order valence-corrected chi connectivity index (χ4v) is 1.70. The Labute approximate surface area is 120 Å². The van der Waals surface area contributed by atoms with E-state index >= 15 is 0 Å². The van der Waals surface area contributed by atoms with Gasteiger partial charge in [-0.25, -0.2) is 0 Å². The third-order valence-electron chi connectivity index (χ3n) is 3.43. The minimum Gasteiger partial charge on any atom is -0.488 e. The molecule has 3 heteroatoms. The highest BCUT2D eigenvalue weighted by molar-refractivity contribution is 6.34. The fourth-order valence-electron chi connectivity index (χ4n) is 1.42. The smallest absolute Gasteiger partial charge is 0.120 e. The van der Waals surface area contributed by atoms with Crippen molar-refractivity contribution < 1.29 is 9.47 Å². The summed E-state index contributed by atoms with van der Waals surface area (Å²) in [5.41, 5.74) is -0.309. The summed E-state index contributed by atoms with van der Waals surface area (Å²) in [4.78, 5) is 0. The van der Waals surface area contributed by atoms with Crippen LogP contribution in [-0.2, 0) is 0 Å². The van der Waals surface area contributed by atoms with Gasteiger partial charge in [0.2, 0.25) is 0 Å². The molecule has 0 saturated carbocycles. The van der Waals surface area contributed by atoms with E-state index in [4.69, 9.17) is 9.47 Å². The van der Waals surface area contributed by atoms with E-state index in [0.717, 1.165) is 29.5 Å². The van der Waals surface area contributed by atoms with Crippen molar-refractivity contribution in [3.8, 4) is 11.5 Å². The number of hydrogen-bond acceptors (Lipinski definition) is 2. The van der Waals surface area contributed by atoms with Crippen LogP contribution in [0.3, 0.4) is 0 Å². The van der Waals surface area contributed by atoms with Gasteiger partial charge in [0.15, 0.2) is 0 Å². The summed E-state index contributed by atoms with van der Waals surface area (Å²) >= 11 is 0. The quantitative estimate of drug-likeness (QED) is 0.740. The molecule has 0 N–H and O–H groups in total. The van der Waals surface area contributed by atoms with Crippen molar-refractivity contribution in [1.29, 1.82) is 0 Å². The van der Waals surface area contributed by atoms with Crippen LogP contribution >= 0.6 is 0 Å². The van der Waals surface area contributed by atoms with E-state index in [1.165, 1.54) is 0 Å². The van der Waals surface area contributed by atoms with Crippen molar-refractivity contribution in [1.82, 2.24) is 0 Å². The van der Waals surface area contributed by atoms with Gasteiger partial charge in [0, 0.05) is 0 Å². The highest BCUT2D eigenvalue weighted by atomic mass is 28.1. The first-order valence-electron chi connectivity index (χ1n) is 6.93. The van der Waals surface area contributed by atoms with E-state index < -0.39 is 0 Å². The van der Waals surface area contributed by atoms with E-state index in [0.29, 0.717) is 0 Å². The zero-order chi connectivity index (χ0) is 14.7. The summed E-state index contributed by atoms with van der Waals surface area (Å²) in [7, 11) is 3.61. The molecule has 0 unspecified atom stereocenters. The largest absolute Gasteiger partial charge is 0.488 e. The van der Waals surface area contributed by atoms with Crippen LogP contribution in [0.1, 0.15) is 54.4 Å². The van der Waals surface area contributed by atoms with Gasteiger partial charge in [0.25, 0.3) is 0 Å². The molecule has 0 aliphatic rings. The Morgan fingerprint density at radius 2 is 1.47 bits per heavy atom. The zero-order valence-corrected chi connectivity index (χ0v) is 14.0. The van der Waals surface area contributed by atoms with Gasteiger partial charge in [-0.3, -0.25) is 0 Å². The maximum absolute atomic E-state index is 5.99. The molecule has 3 radical (unpaired) electrons. The average molecular weight is 277 g/mol. The van der Waals surface area contributed by atoms with Gasteiger partial charge in [0.05, 0.1) is 10.2 Å². The molecule has 0 aromatic heterocycles. The highest BCUT2D eigenvalue weighted by Crippen LogP contribution is 2.24. The van der Waals surface area contributed by atoms with Gasteiger partial charge in [-0.2, -0.15) is 0 Å². The molecule has 2 nitrogen and oxygen atoms in total. The maximum atomic E-state index is 5.99. The normalized spacial score (nSPS) is 12.4. The Balaban J connectivity index is 2.86. The van der Waals surface area contributed by atoms with Crippen LogP contribution in [0.5, 0.6) is 11.5 Å². The standard InChI is InChI=1S/C16H25O2Si/c1-7-15(3,4)17-12-9-10-13(14(19)11-12)18-16(5,6)8-2/h9-11H,7-8H2,1-6H3. The molecule has 0 amide bonds. The fraction of sp³-hybridized carbons (Fsp3) is 0.625. The van der Waals surface area contributed by atoms with Crippen LogP contribution in [0, 0.1) is 0 Å². The Kier molecular flexibility index (Phi) is 5.08. The number of hydrogen-bond donors (Lipinski definition) is 0. The molecular formula is C16H25O2Si. The molecule has 0 atom stereocenters. The van der Waals surface area contributed by atoms with Crippen molar-refractivity contribution in [3.05, 3.63) is 18.2 Å². The van der Waals surface area contributed by atoms with Crippen LogP contribution in [0.25, 0.3) is 0 Å². The predicted octanol–water partition coefficient (Wildman–Crippen LogP) is 3.62. The predicted molar refractivity (Wildman–Crippen MR) is 81.8 cm³/mol. The molecule has 0 fully saturated rings. The summed E-state index contributed by atoms with van der Waals surface area (Å²) in [6.07, 6.45) is 1.92. The zero-order valence-electron chi connectivity index (χ0n) is 13.0. The lowest BCUT2D eigenvalue weighted by Crippen LogP contribution is -2.30. The second-order valence-electron chi connectivity index (χ2n) is 6.09. The number of ether oxygens (including phenoxy) is 2. The van der Waals surface area contributed by atoms with Crippen molar-refractivity contribution in [2.45, 2.75) is 65.6 Å². The van der Waals surface area contributed by atoms with Crippen molar-refractivity contribution in [2.24, 2.45) is 0 Å². The topological polar surface area (TPSA) is 18.5 Å². The third kappa shape index (κ3) is 4.90. The molecule has 0 saturated heterocycles. The summed E-state index contributed by atoms with van der Waals surface area (Å²) in [6, 6.07) is 5.89. The maximum Gasteiger partial charge on any atom is 0.120 e. The van der Waals surface area contributed by atoms with E-state index in [-0.39, 0.29) is 11.2 Å². The van der Waals surface area contributed by atoms with Crippen molar-refractivity contribution >= 4 is 15.4 Å². The molecular weight excluding hydrogens is 252 g/mol. The summed E-state index contributed by atoms with van der Waals surface area (Å²) in [5, 5.41) is 0.922. The number of rotatable bonds is 6. The van der Waals surface area contributed by atoms with E-state index in [2.05, 4.69) is 51.8 Å². The summed E-state index contributed by atoms with van der Waals surface area (Å²) < 4.78 is 11.9. The first-order chi connectivity index (χ1) is 8.69. The van der Waals surface area contributed by atoms with Crippen molar-refractivity contribution in [3.63, 3.8) is 0 Å². The first-order valence-corrected chi connectivity index (χ1v) is 7.43. The van der Waals surface area contributed by atoms with Gasteiger partial charge in [-0.05, 0) is 63.9 Å². The molecule has 0 bridgehead atoms. The van der Waals surface area contributed by atoms with Crippen LogP contribution in [0.15, 0.2) is 18.2 Å². The first kappa shape index (κ1) is 16.1. The second-order valence-corrected chi connectivity index (χ2v) is 6.63. The van der Waals surface area contributed by atoms with Crippen LogP contribution in [0.4, 0.5) is 0 Å². The van der Waals surface area contributed by atoms with E-state index in [1.807, 2.05) is 18.2 Å². The van der Waals surface area contributed by atoms with E-state index in [1.54, 1.807) is 0 Å².